The third-order valence-electron chi connectivity index (χ3n) is 5.16. The van der Waals surface area contributed by atoms with Crippen LogP contribution in [-0.4, -0.2) is 97.4 Å². The second-order valence-corrected chi connectivity index (χ2v) is 7.81. The van der Waals surface area contributed by atoms with Gasteiger partial charge in [0.05, 0.1) is 6.42 Å². The van der Waals surface area contributed by atoms with Crippen molar-refractivity contribution in [3.63, 3.8) is 0 Å². The van der Waals surface area contributed by atoms with Gasteiger partial charge >= 0.3 is 11.9 Å². The van der Waals surface area contributed by atoms with Crippen LogP contribution in [0.25, 0.3) is 0 Å². The fraction of sp³-hybridized carbons (Fsp3) is 0.591. The number of carboxylic acid groups (broad SMARTS) is 2. The van der Waals surface area contributed by atoms with E-state index < -0.39 is 36.4 Å². The van der Waals surface area contributed by atoms with Crippen LogP contribution < -0.4 is 5.32 Å². The van der Waals surface area contributed by atoms with Crippen molar-refractivity contribution in [3.8, 4) is 0 Å². The van der Waals surface area contributed by atoms with Crippen LogP contribution in [0.2, 0.25) is 0 Å². The summed E-state index contributed by atoms with van der Waals surface area (Å²) < 4.78 is 0. The number of benzene rings is 1. The van der Waals surface area contributed by atoms with Gasteiger partial charge in [0.2, 0.25) is 5.91 Å². The zero-order valence-electron chi connectivity index (χ0n) is 18.8. The Hall–Kier alpha value is -2.57. The third kappa shape index (κ3) is 8.71. The van der Waals surface area contributed by atoms with Crippen molar-refractivity contribution in [3.05, 3.63) is 29.3 Å². The van der Waals surface area contributed by atoms with E-state index >= 15 is 0 Å². The number of carboxylic acids is 2. The summed E-state index contributed by atoms with van der Waals surface area (Å²) in [5.74, 6) is -3.55. The third-order valence-corrected chi connectivity index (χ3v) is 5.16. The summed E-state index contributed by atoms with van der Waals surface area (Å²) in [5, 5.41) is 54.4. The molecule has 0 fully saturated rings. The van der Waals surface area contributed by atoms with E-state index in [-0.39, 0.29) is 5.91 Å². The number of aliphatic hydroxyl groups excluding tert-OH is 4. The Morgan fingerprint density at radius 2 is 1.45 bits per heavy atom. The minimum atomic E-state index is -2.36. The molecular weight excluding hydrogens is 436 g/mol. The fourth-order valence-corrected chi connectivity index (χ4v) is 3.46. The van der Waals surface area contributed by atoms with Crippen LogP contribution in [0, 0.1) is 0 Å². The minimum absolute atomic E-state index is 0.126. The molecular formula is C22H34N2O9. The summed E-state index contributed by atoms with van der Waals surface area (Å²) in [6.07, 6.45) is -5.29. The van der Waals surface area contributed by atoms with Gasteiger partial charge in [-0.3, -0.25) is 4.79 Å². The lowest BCUT2D eigenvalue weighted by Crippen LogP contribution is -2.49. The molecule has 11 nitrogen and oxygen atoms in total. The van der Waals surface area contributed by atoms with Gasteiger partial charge in [-0.15, -0.1) is 0 Å². The molecule has 1 aromatic carbocycles. The molecule has 7 N–H and O–H groups in total. The van der Waals surface area contributed by atoms with Gasteiger partial charge in [0, 0.05) is 12.2 Å². The second kappa shape index (κ2) is 13.9. The molecule has 0 radical (unpaired) electrons. The molecule has 1 aromatic rings. The molecule has 0 bridgehead atoms. The number of rotatable bonds is 12. The summed E-state index contributed by atoms with van der Waals surface area (Å²) in [4.78, 5) is 34.2. The van der Waals surface area contributed by atoms with Gasteiger partial charge in [-0.2, -0.15) is 0 Å². The highest BCUT2D eigenvalue weighted by molar-refractivity contribution is 5.99. The highest BCUT2D eigenvalue weighted by Crippen LogP contribution is 2.26. The van der Waals surface area contributed by atoms with Crippen LogP contribution in [0.15, 0.2) is 18.2 Å². The van der Waals surface area contributed by atoms with Gasteiger partial charge in [0.25, 0.3) is 0 Å². The average molecular weight is 471 g/mol. The zero-order valence-corrected chi connectivity index (χ0v) is 18.8. The molecule has 2 rings (SSSR count). The number of carbonyl (C=O) groups excluding carboxylic acids is 1. The maximum absolute atomic E-state index is 11.5. The van der Waals surface area contributed by atoms with Crippen LogP contribution in [0.4, 0.5) is 5.69 Å². The first-order valence-electron chi connectivity index (χ1n) is 10.8. The van der Waals surface area contributed by atoms with E-state index in [0.717, 1.165) is 18.7 Å². The van der Waals surface area contributed by atoms with Crippen molar-refractivity contribution in [1.29, 1.82) is 0 Å². The first kappa shape index (κ1) is 28.5. The van der Waals surface area contributed by atoms with Crippen LogP contribution >= 0.6 is 0 Å². The van der Waals surface area contributed by atoms with Crippen molar-refractivity contribution < 1.29 is 45.0 Å². The molecule has 0 unspecified atom stereocenters. The van der Waals surface area contributed by atoms with Gasteiger partial charge in [0.15, 0.2) is 12.2 Å². The van der Waals surface area contributed by atoms with E-state index in [1.54, 1.807) is 0 Å². The van der Waals surface area contributed by atoms with E-state index in [1.807, 2.05) is 12.1 Å². The van der Waals surface area contributed by atoms with Crippen LogP contribution in [0.1, 0.15) is 37.8 Å². The molecule has 33 heavy (non-hydrogen) atoms. The Balaban J connectivity index is 0.000000349. The molecule has 0 spiro atoms. The fourth-order valence-electron chi connectivity index (χ4n) is 3.46. The highest BCUT2D eigenvalue weighted by atomic mass is 16.4. The van der Waals surface area contributed by atoms with E-state index in [0.29, 0.717) is 6.42 Å². The number of nitrogens with one attached hydrogen (secondary N) is 1. The SMILES string of the molecule is CCCN(CCC)CCc1cccc2c1CC(=O)N2.O=C(O)[C@@H](O)[C@@H](O)[C@H](O)[C@@H](O)C(=O)O. The summed E-state index contributed by atoms with van der Waals surface area (Å²) in [7, 11) is 0. The smallest absolute Gasteiger partial charge is 0.335 e. The highest BCUT2D eigenvalue weighted by Gasteiger charge is 2.37. The van der Waals surface area contributed by atoms with E-state index in [1.165, 1.54) is 37.1 Å². The molecule has 0 aromatic heterocycles. The maximum atomic E-state index is 11.5. The predicted molar refractivity (Wildman–Crippen MR) is 119 cm³/mol. The van der Waals surface area contributed by atoms with E-state index in [4.69, 9.17) is 30.6 Å². The first-order chi connectivity index (χ1) is 15.5. The lowest BCUT2D eigenvalue weighted by molar-refractivity contribution is -0.172. The monoisotopic (exact) mass is 470 g/mol. The number of nitrogens with zero attached hydrogens (tertiary/aromatic N) is 1. The summed E-state index contributed by atoms with van der Waals surface area (Å²) in [5.41, 5.74) is 3.55. The van der Waals surface area contributed by atoms with Crippen LogP contribution in [0.3, 0.4) is 0 Å². The number of hydrogen-bond acceptors (Lipinski definition) is 8. The standard InChI is InChI=1S/C16H24N2O.C6H10O8/c1-3-9-18(10-4-2)11-8-13-6-5-7-15-14(13)12-16(19)17-15;7-1(3(9)5(11)12)2(8)4(10)6(13)14/h5-7H,3-4,8-12H2,1-2H3,(H,17,19);1-4,7-10H,(H,11,12)(H,13,14)/t;1-,2-,3-,4+/m.0/s1. The number of carbonyl (C=O) groups is 3. The Bertz CT molecular complexity index is 772. The topological polar surface area (TPSA) is 188 Å². The predicted octanol–water partition coefficient (Wildman–Crippen LogP) is -0.555. The Morgan fingerprint density at radius 3 is 1.91 bits per heavy atom. The molecule has 1 amide bonds. The largest absolute Gasteiger partial charge is 0.479 e. The lowest BCUT2D eigenvalue weighted by atomic mass is 10.0. The molecule has 11 heteroatoms. The maximum Gasteiger partial charge on any atom is 0.335 e. The van der Waals surface area contributed by atoms with Crippen LogP contribution in [0.5, 0.6) is 0 Å². The van der Waals surface area contributed by atoms with Gasteiger partial charge in [-0.05, 0) is 49.5 Å². The Labute approximate surface area is 192 Å². The Morgan fingerprint density at radius 1 is 0.939 bits per heavy atom. The molecule has 0 aliphatic carbocycles. The number of aliphatic hydroxyl groups is 4. The molecule has 1 heterocycles. The Kier molecular flexibility index (Phi) is 12.0. The molecule has 1 aliphatic rings. The van der Waals surface area contributed by atoms with Gasteiger partial charge in [-0.25, -0.2) is 9.59 Å². The van der Waals surface area contributed by atoms with Crippen molar-refractivity contribution in [1.82, 2.24) is 4.90 Å². The first-order valence-corrected chi connectivity index (χ1v) is 10.8. The lowest BCUT2D eigenvalue weighted by Gasteiger charge is -2.21. The number of fused-ring (bicyclic) bond motifs is 1. The second-order valence-electron chi connectivity index (χ2n) is 7.81. The molecule has 4 atom stereocenters. The average Bonchev–Trinajstić information content (AvgIpc) is 3.16. The molecule has 186 valence electrons. The quantitative estimate of drug-likeness (QED) is 0.209. The van der Waals surface area contributed by atoms with E-state index in [9.17, 15) is 14.4 Å². The molecule has 1 aliphatic heterocycles. The van der Waals surface area contributed by atoms with Crippen molar-refractivity contribution in [2.75, 3.05) is 25.0 Å². The van der Waals surface area contributed by atoms with Crippen LogP contribution in [-0.2, 0) is 27.2 Å². The normalized spacial score (nSPS) is 16.2. The number of anilines is 1. The number of aliphatic carboxylic acids is 2. The minimum Gasteiger partial charge on any atom is -0.479 e. The van der Waals surface area contributed by atoms with Crippen molar-refractivity contribution in [2.45, 2.75) is 63.9 Å². The zero-order chi connectivity index (χ0) is 25.1. The molecule has 0 saturated carbocycles. The molecule has 0 saturated heterocycles. The van der Waals surface area contributed by atoms with Gasteiger partial charge in [-0.1, -0.05) is 26.0 Å². The van der Waals surface area contributed by atoms with Gasteiger partial charge < -0.3 is 40.9 Å². The summed E-state index contributed by atoms with van der Waals surface area (Å²) >= 11 is 0. The van der Waals surface area contributed by atoms with E-state index in [2.05, 4.69) is 30.1 Å². The summed E-state index contributed by atoms with van der Waals surface area (Å²) in [6.45, 7) is 7.88. The van der Waals surface area contributed by atoms with Crippen molar-refractivity contribution >= 4 is 23.5 Å². The number of amides is 1. The summed E-state index contributed by atoms with van der Waals surface area (Å²) in [6, 6.07) is 6.21. The van der Waals surface area contributed by atoms with Crippen molar-refractivity contribution in [2.24, 2.45) is 0 Å². The van der Waals surface area contributed by atoms with Gasteiger partial charge in [0.1, 0.15) is 12.2 Å². The number of hydrogen-bond donors (Lipinski definition) is 7.